The Morgan fingerprint density at radius 3 is 2.69 bits per heavy atom. The molecular formula is C20H19N3O2S. The first-order chi connectivity index (χ1) is 12.4. The normalized spacial score (nSPS) is 12.5. The molecule has 0 bridgehead atoms. The Morgan fingerprint density at radius 2 is 1.96 bits per heavy atom. The van der Waals surface area contributed by atoms with Crippen molar-refractivity contribution in [3.8, 4) is 0 Å². The second-order valence-corrected chi connectivity index (χ2v) is 7.54. The molecule has 26 heavy (non-hydrogen) atoms. The summed E-state index contributed by atoms with van der Waals surface area (Å²) in [6.07, 6.45) is 2.44. The molecule has 1 aromatic carbocycles. The van der Waals surface area contributed by atoms with Gasteiger partial charge in [-0.05, 0) is 38.8 Å². The van der Waals surface area contributed by atoms with E-state index in [1.165, 1.54) is 15.7 Å². The SMILES string of the molecule is CCc1c(C)nc2s/c(=C\c3c(C)[nH]c4c(C)cccc34)c(=O)n2c1=O. The molecule has 3 heterocycles. The number of nitrogens with zero attached hydrogens (tertiary/aromatic N) is 2. The maximum Gasteiger partial charge on any atom is 0.277 e. The highest BCUT2D eigenvalue weighted by Gasteiger charge is 2.14. The van der Waals surface area contributed by atoms with E-state index in [9.17, 15) is 9.59 Å². The number of para-hydroxylation sites is 1. The fourth-order valence-electron chi connectivity index (χ4n) is 3.47. The molecular weight excluding hydrogens is 346 g/mol. The third-order valence-corrected chi connectivity index (χ3v) is 5.85. The van der Waals surface area contributed by atoms with E-state index in [2.05, 4.69) is 23.0 Å². The molecule has 3 aromatic heterocycles. The van der Waals surface area contributed by atoms with Crippen molar-refractivity contribution in [3.05, 3.63) is 71.5 Å². The summed E-state index contributed by atoms with van der Waals surface area (Å²) in [6, 6.07) is 6.10. The minimum Gasteiger partial charge on any atom is -0.358 e. The van der Waals surface area contributed by atoms with Gasteiger partial charge in [0.2, 0.25) is 4.96 Å². The van der Waals surface area contributed by atoms with Gasteiger partial charge in [-0.25, -0.2) is 9.38 Å². The first-order valence-corrected chi connectivity index (χ1v) is 9.38. The lowest BCUT2D eigenvalue weighted by molar-refractivity contribution is 0.930. The molecule has 0 atom stereocenters. The van der Waals surface area contributed by atoms with Crippen molar-refractivity contribution in [2.45, 2.75) is 34.1 Å². The predicted octanol–water partition coefficient (Wildman–Crippen LogP) is 2.63. The average molecular weight is 365 g/mol. The number of aromatic amines is 1. The van der Waals surface area contributed by atoms with Crippen molar-refractivity contribution in [1.82, 2.24) is 14.4 Å². The molecule has 0 spiro atoms. The van der Waals surface area contributed by atoms with Gasteiger partial charge in [0.15, 0.2) is 0 Å². The van der Waals surface area contributed by atoms with E-state index in [0.717, 1.165) is 27.7 Å². The summed E-state index contributed by atoms with van der Waals surface area (Å²) in [5.41, 5.74) is 4.96. The lowest BCUT2D eigenvalue weighted by Gasteiger charge is -2.00. The number of aryl methyl sites for hydroxylation is 3. The number of aromatic nitrogens is 3. The van der Waals surface area contributed by atoms with Gasteiger partial charge in [-0.3, -0.25) is 9.59 Å². The molecule has 0 saturated heterocycles. The van der Waals surface area contributed by atoms with E-state index in [1.807, 2.05) is 39.0 Å². The molecule has 0 aliphatic heterocycles. The number of H-pyrrole nitrogens is 1. The highest BCUT2D eigenvalue weighted by molar-refractivity contribution is 7.15. The Labute approximate surface area is 153 Å². The van der Waals surface area contributed by atoms with E-state index in [4.69, 9.17) is 0 Å². The van der Waals surface area contributed by atoms with Gasteiger partial charge in [0.25, 0.3) is 11.1 Å². The number of hydrogen-bond acceptors (Lipinski definition) is 4. The number of thiazole rings is 1. The summed E-state index contributed by atoms with van der Waals surface area (Å²) in [5.74, 6) is 0. The van der Waals surface area contributed by atoms with Crippen LogP contribution in [-0.4, -0.2) is 14.4 Å². The van der Waals surface area contributed by atoms with Gasteiger partial charge in [-0.2, -0.15) is 0 Å². The van der Waals surface area contributed by atoms with Crippen molar-refractivity contribution < 1.29 is 0 Å². The Bertz CT molecular complexity index is 1340. The zero-order valence-corrected chi connectivity index (χ0v) is 16.0. The van der Waals surface area contributed by atoms with Crippen molar-refractivity contribution >= 4 is 33.3 Å². The van der Waals surface area contributed by atoms with Gasteiger partial charge < -0.3 is 4.98 Å². The minimum absolute atomic E-state index is 0.248. The lowest BCUT2D eigenvalue weighted by atomic mass is 10.1. The van der Waals surface area contributed by atoms with Gasteiger partial charge in [0.05, 0.1) is 4.53 Å². The minimum atomic E-state index is -0.293. The molecule has 0 amide bonds. The molecule has 0 aliphatic carbocycles. The monoisotopic (exact) mass is 365 g/mol. The predicted molar refractivity (Wildman–Crippen MR) is 106 cm³/mol. The fraction of sp³-hybridized carbons (Fsp3) is 0.250. The quantitative estimate of drug-likeness (QED) is 0.594. The molecule has 0 saturated carbocycles. The summed E-state index contributed by atoms with van der Waals surface area (Å²) < 4.78 is 1.73. The van der Waals surface area contributed by atoms with Crippen LogP contribution in [0.1, 0.15) is 35.0 Å². The first-order valence-electron chi connectivity index (χ1n) is 8.57. The maximum atomic E-state index is 12.9. The molecule has 4 rings (SSSR count). The number of fused-ring (bicyclic) bond motifs is 2. The molecule has 1 N–H and O–H groups in total. The van der Waals surface area contributed by atoms with Crippen LogP contribution in [0.4, 0.5) is 0 Å². The Morgan fingerprint density at radius 1 is 1.19 bits per heavy atom. The van der Waals surface area contributed by atoms with Crippen molar-refractivity contribution in [1.29, 1.82) is 0 Å². The van der Waals surface area contributed by atoms with Crippen molar-refractivity contribution in [3.63, 3.8) is 0 Å². The van der Waals surface area contributed by atoms with Crippen LogP contribution in [-0.2, 0) is 6.42 Å². The van der Waals surface area contributed by atoms with Crippen molar-refractivity contribution in [2.75, 3.05) is 0 Å². The Balaban J connectivity index is 2.08. The van der Waals surface area contributed by atoms with E-state index >= 15 is 0 Å². The van der Waals surface area contributed by atoms with Crippen molar-refractivity contribution in [2.24, 2.45) is 0 Å². The van der Waals surface area contributed by atoms with Crippen LogP contribution in [0, 0.1) is 20.8 Å². The van der Waals surface area contributed by atoms with Crippen LogP contribution in [0.3, 0.4) is 0 Å². The standard InChI is InChI=1S/C20H19N3O2S/c1-5-13-11(3)22-20-23(18(13)24)19(25)16(26-20)9-15-12(4)21-17-10(2)7-6-8-14(15)17/h6-9,21H,5H2,1-4H3/b16-9-. The number of rotatable bonds is 2. The van der Waals surface area contributed by atoms with E-state index < -0.39 is 0 Å². The summed E-state index contributed by atoms with van der Waals surface area (Å²) in [4.78, 5) is 33.8. The highest BCUT2D eigenvalue weighted by Crippen LogP contribution is 2.25. The molecule has 6 heteroatoms. The third kappa shape index (κ3) is 2.33. The lowest BCUT2D eigenvalue weighted by Crippen LogP contribution is -2.33. The van der Waals surface area contributed by atoms with E-state index in [-0.39, 0.29) is 11.1 Å². The zero-order chi connectivity index (χ0) is 18.6. The molecule has 5 nitrogen and oxygen atoms in total. The van der Waals surface area contributed by atoms with Gasteiger partial charge in [-0.1, -0.05) is 36.5 Å². The Kier molecular flexibility index (Phi) is 3.80. The molecule has 4 aromatic rings. The van der Waals surface area contributed by atoms with Crippen LogP contribution >= 0.6 is 11.3 Å². The molecule has 0 aliphatic rings. The molecule has 0 radical (unpaired) electrons. The molecule has 0 fully saturated rings. The first kappa shape index (κ1) is 16.7. The zero-order valence-electron chi connectivity index (χ0n) is 15.1. The topological polar surface area (TPSA) is 67.2 Å². The average Bonchev–Trinajstić information content (AvgIpc) is 3.07. The summed E-state index contributed by atoms with van der Waals surface area (Å²) in [5, 5.41) is 1.07. The highest BCUT2D eigenvalue weighted by atomic mass is 32.1. The third-order valence-electron chi connectivity index (χ3n) is 4.88. The van der Waals surface area contributed by atoms with Gasteiger partial charge in [0.1, 0.15) is 0 Å². The van der Waals surface area contributed by atoms with E-state index in [1.54, 1.807) is 0 Å². The summed E-state index contributed by atoms with van der Waals surface area (Å²) in [6.45, 7) is 7.77. The van der Waals surface area contributed by atoms with Gasteiger partial charge in [0, 0.05) is 33.4 Å². The van der Waals surface area contributed by atoms with Crippen LogP contribution in [0.5, 0.6) is 0 Å². The van der Waals surface area contributed by atoms with Crippen LogP contribution in [0.25, 0.3) is 21.9 Å². The van der Waals surface area contributed by atoms with Crippen LogP contribution < -0.4 is 15.7 Å². The van der Waals surface area contributed by atoms with Crippen LogP contribution in [0.15, 0.2) is 27.8 Å². The fourth-order valence-corrected chi connectivity index (χ4v) is 4.46. The second kappa shape index (κ2) is 5.92. The largest absolute Gasteiger partial charge is 0.358 e. The maximum absolute atomic E-state index is 12.9. The Hall–Kier alpha value is -2.73. The number of hydrogen-bond donors (Lipinski definition) is 1. The van der Waals surface area contributed by atoms with Gasteiger partial charge in [-0.15, -0.1) is 0 Å². The van der Waals surface area contributed by atoms with Gasteiger partial charge >= 0.3 is 0 Å². The smallest absolute Gasteiger partial charge is 0.277 e. The molecule has 0 unspecified atom stereocenters. The number of nitrogens with one attached hydrogen (secondary N) is 1. The number of benzene rings is 1. The summed E-state index contributed by atoms with van der Waals surface area (Å²) >= 11 is 1.26. The van der Waals surface area contributed by atoms with E-state index in [0.29, 0.717) is 27.2 Å². The summed E-state index contributed by atoms with van der Waals surface area (Å²) in [7, 11) is 0. The second-order valence-electron chi connectivity index (χ2n) is 6.53. The van der Waals surface area contributed by atoms with Crippen LogP contribution in [0.2, 0.25) is 0 Å². The molecule has 132 valence electrons.